The molecule has 1 saturated carbocycles. The molecule has 2 nitrogen and oxygen atoms in total. The molecule has 0 spiro atoms. The van der Waals surface area contributed by atoms with Gasteiger partial charge in [0.25, 0.3) is 0 Å². The number of aliphatic hydroxyl groups is 1. The van der Waals surface area contributed by atoms with Gasteiger partial charge in [-0.3, -0.25) is 0 Å². The zero-order valence-electron chi connectivity index (χ0n) is 7.29. The monoisotopic (exact) mass is 193 g/mol. The maximum absolute atomic E-state index is 9.89. The third-order valence-electron chi connectivity index (χ3n) is 2.27. The van der Waals surface area contributed by atoms with Gasteiger partial charge in [-0.15, -0.1) is 11.3 Å². The van der Waals surface area contributed by atoms with Crippen molar-refractivity contribution in [1.29, 1.82) is 0 Å². The van der Waals surface area contributed by atoms with E-state index in [0.29, 0.717) is 0 Å². The highest BCUT2D eigenvalue weighted by atomic mass is 32.1. The number of hydrogen-bond donors (Lipinski definition) is 1. The van der Waals surface area contributed by atoms with Gasteiger partial charge in [-0.1, -0.05) is 5.92 Å². The van der Waals surface area contributed by atoms with Crippen LogP contribution in [0.15, 0.2) is 11.6 Å². The number of hydrogen-bond acceptors (Lipinski definition) is 3. The fourth-order valence-electron chi connectivity index (χ4n) is 1.54. The summed E-state index contributed by atoms with van der Waals surface area (Å²) in [6, 6.07) is 0. The van der Waals surface area contributed by atoms with Gasteiger partial charge in [0.1, 0.15) is 5.60 Å². The average Bonchev–Trinajstić information content (AvgIpc) is 2.72. The van der Waals surface area contributed by atoms with E-state index in [1.54, 1.807) is 6.20 Å². The molecule has 1 heterocycles. The smallest absolute Gasteiger partial charge is 0.166 e. The molecule has 2 rings (SSSR count). The van der Waals surface area contributed by atoms with Crippen LogP contribution in [0.5, 0.6) is 0 Å². The summed E-state index contributed by atoms with van der Waals surface area (Å²) >= 11 is 1.51. The van der Waals surface area contributed by atoms with Crippen LogP contribution in [0, 0.1) is 11.8 Å². The van der Waals surface area contributed by atoms with Crippen molar-refractivity contribution in [2.24, 2.45) is 0 Å². The first-order chi connectivity index (χ1) is 6.29. The summed E-state index contributed by atoms with van der Waals surface area (Å²) in [6.07, 6.45) is 5.52. The van der Waals surface area contributed by atoms with E-state index >= 15 is 0 Å². The largest absolute Gasteiger partial charge is 0.378 e. The van der Waals surface area contributed by atoms with Crippen LogP contribution in [-0.2, 0) is 0 Å². The molecule has 68 valence electrons. The molecule has 0 atom stereocenters. The van der Waals surface area contributed by atoms with Gasteiger partial charge >= 0.3 is 0 Å². The molecule has 3 heteroatoms. The number of rotatable bonds is 0. The van der Waals surface area contributed by atoms with E-state index in [1.807, 2.05) is 5.38 Å². The molecule has 0 bridgehead atoms. The van der Waals surface area contributed by atoms with Crippen LogP contribution in [0.1, 0.15) is 30.7 Å². The second kappa shape index (κ2) is 3.49. The van der Waals surface area contributed by atoms with Crippen molar-refractivity contribution in [2.75, 3.05) is 0 Å². The third kappa shape index (κ3) is 2.09. The van der Waals surface area contributed by atoms with Crippen LogP contribution in [-0.4, -0.2) is 15.7 Å². The maximum Gasteiger partial charge on any atom is 0.166 e. The van der Waals surface area contributed by atoms with Gasteiger partial charge in [0.15, 0.2) is 5.01 Å². The summed E-state index contributed by atoms with van der Waals surface area (Å²) in [4.78, 5) is 4.04. The molecule has 1 N–H and O–H groups in total. The fraction of sp³-hybridized carbons (Fsp3) is 0.500. The molecule has 0 saturated heterocycles. The lowest BCUT2D eigenvalue weighted by Gasteiger charge is -2.12. The second-order valence-electron chi connectivity index (χ2n) is 3.33. The molecule has 1 aliphatic rings. The first-order valence-electron chi connectivity index (χ1n) is 4.44. The van der Waals surface area contributed by atoms with E-state index in [1.165, 1.54) is 11.3 Å². The summed E-state index contributed by atoms with van der Waals surface area (Å²) < 4.78 is 0. The van der Waals surface area contributed by atoms with Gasteiger partial charge in [0.2, 0.25) is 0 Å². The summed E-state index contributed by atoms with van der Waals surface area (Å²) in [5.74, 6) is 5.83. The minimum atomic E-state index is -0.730. The van der Waals surface area contributed by atoms with Gasteiger partial charge in [-0.2, -0.15) is 0 Å². The molecule has 13 heavy (non-hydrogen) atoms. The van der Waals surface area contributed by atoms with Crippen molar-refractivity contribution >= 4 is 11.3 Å². The second-order valence-corrected chi connectivity index (χ2v) is 4.22. The van der Waals surface area contributed by atoms with E-state index in [-0.39, 0.29) is 0 Å². The highest BCUT2D eigenvalue weighted by Crippen LogP contribution is 2.28. The first-order valence-corrected chi connectivity index (χ1v) is 5.32. The van der Waals surface area contributed by atoms with E-state index in [2.05, 4.69) is 16.8 Å². The molecule has 1 aromatic heterocycles. The Balaban J connectivity index is 2.11. The highest BCUT2D eigenvalue weighted by Gasteiger charge is 2.28. The third-order valence-corrected chi connectivity index (χ3v) is 2.95. The van der Waals surface area contributed by atoms with Gasteiger partial charge in [0, 0.05) is 11.6 Å². The Morgan fingerprint density at radius 3 is 2.85 bits per heavy atom. The van der Waals surface area contributed by atoms with Gasteiger partial charge in [-0.05, 0) is 31.6 Å². The molecule has 1 fully saturated rings. The summed E-state index contributed by atoms with van der Waals surface area (Å²) in [5.41, 5.74) is -0.730. The molecule has 0 amide bonds. The van der Waals surface area contributed by atoms with Crippen molar-refractivity contribution in [1.82, 2.24) is 4.98 Å². The Kier molecular flexibility index (Phi) is 2.34. The standard InChI is InChI=1S/C10H11NOS/c12-10(4-1-2-5-10)6-3-9-11-7-8-13-9/h7-8,12H,1-2,4-5H2. The van der Waals surface area contributed by atoms with Crippen molar-refractivity contribution < 1.29 is 5.11 Å². The molecule has 0 aromatic carbocycles. The molecule has 1 aliphatic carbocycles. The minimum Gasteiger partial charge on any atom is -0.378 e. The van der Waals surface area contributed by atoms with Crippen molar-refractivity contribution in [3.8, 4) is 11.8 Å². The Labute approximate surface area is 81.6 Å². The highest BCUT2D eigenvalue weighted by molar-refractivity contribution is 7.10. The van der Waals surface area contributed by atoms with Crippen LogP contribution in [0.2, 0.25) is 0 Å². The number of thiazole rings is 1. The molecular weight excluding hydrogens is 182 g/mol. The number of aromatic nitrogens is 1. The van der Waals surface area contributed by atoms with Crippen molar-refractivity contribution in [3.63, 3.8) is 0 Å². The Morgan fingerprint density at radius 2 is 2.23 bits per heavy atom. The van der Waals surface area contributed by atoms with E-state index < -0.39 is 5.60 Å². The lowest BCUT2D eigenvalue weighted by Crippen LogP contribution is -2.20. The lowest BCUT2D eigenvalue weighted by molar-refractivity contribution is 0.110. The quantitative estimate of drug-likeness (QED) is 0.637. The fourth-order valence-corrected chi connectivity index (χ4v) is 2.02. The summed E-state index contributed by atoms with van der Waals surface area (Å²) in [6.45, 7) is 0. The predicted octanol–water partition coefficient (Wildman–Crippen LogP) is 1.80. The van der Waals surface area contributed by atoms with Crippen molar-refractivity contribution in [2.45, 2.75) is 31.3 Å². The van der Waals surface area contributed by atoms with Gasteiger partial charge in [-0.25, -0.2) is 4.98 Å². The van der Waals surface area contributed by atoms with E-state index in [4.69, 9.17) is 0 Å². The summed E-state index contributed by atoms with van der Waals surface area (Å²) in [5, 5.41) is 12.6. The van der Waals surface area contributed by atoms with Gasteiger partial charge in [0.05, 0.1) is 0 Å². The van der Waals surface area contributed by atoms with Crippen molar-refractivity contribution in [3.05, 3.63) is 16.6 Å². The van der Waals surface area contributed by atoms with E-state index in [0.717, 1.165) is 30.7 Å². The molecule has 0 unspecified atom stereocenters. The normalized spacial score (nSPS) is 19.5. The van der Waals surface area contributed by atoms with Crippen LogP contribution in [0.25, 0.3) is 0 Å². The topological polar surface area (TPSA) is 33.1 Å². The first kappa shape index (κ1) is 8.74. The Morgan fingerprint density at radius 1 is 1.46 bits per heavy atom. The average molecular weight is 193 g/mol. The van der Waals surface area contributed by atoms with Crippen LogP contribution in [0.3, 0.4) is 0 Å². The maximum atomic E-state index is 9.89. The minimum absolute atomic E-state index is 0.730. The molecule has 0 radical (unpaired) electrons. The van der Waals surface area contributed by atoms with Gasteiger partial charge < -0.3 is 5.11 Å². The summed E-state index contributed by atoms with van der Waals surface area (Å²) in [7, 11) is 0. The number of nitrogens with zero attached hydrogens (tertiary/aromatic N) is 1. The van der Waals surface area contributed by atoms with Crippen LogP contribution < -0.4 is 0 Å². The zero-order chi connectivity index (χ0) is 9.15. The molecular formula is C10H11NOS. The Hall–Kier alpha value is -0.850. The Bertz CT molecular complexity index is 328. The predicted molar refractivity (Wildman–Crippen MR) is 52.4 cm³/mol. The van der Waals surface area contributed by atoms with E-state index in [9.17, 15) is 5.11 Å². The lowest BCUT2D eigenvalue weighted by atomic mass is 10.0. The zero-order valence-corrected chi connectivity index (χ0v) is 8.10. The SMILES string of the molecule is OC1(C#Cc2nccs2)CCCC1. The molecule has 1 aromatic rings. The van der Waals surface area contributed by atoms with Crippen LogP contribution >= 0.6 is 11.3 Å². The molecule has 0 aliphatic heterocycles. The van der Waals surface area contributed by atoms with Crippen LogP contribution in [0.4, 0.5) is 0 Å².